The van der Waals surface area contributed by atoms with Crippen LogP contribution in [0.1, 0.15) is 36.8 Å². The fraction of sp³-hybridized carbons (Fsp3) is 0.400. The van der Waals surface area contributed by atoms with Crippen molar-refractivity contribution in [1.29, 1.82) is 0 Å². The van der Waals surface area contributed by atoms with Crippen LogP contribution in [0.4, 0.5) is 4.79 Å². The van der Waals surface area contributed by atoms with Crippen LogP contribution in [0, 0.1) is 0 Å². The quantitative estimate of drug-likeness (QED) is 0.904. The summed E-state index contributed by atoms with van der Waals surface area (Å²) in [7, 11) is 1.85. The van der Waals surface area contributed by atoms with E-state index in [0.29, 0.717) is 12.4 Å². The van der Waals surface area contributed by atoms with Crippen LogP contribution < -0.4 is 15.4 Å². The minimum Gasteiger partial charge on any atom is -0.493 e. The molecule has 2 atom stereocenters. The molecular formula is C15H19N5O2. The van der Waals surface area contributed by atoms with E-state index in [0.717, 1.165) is 17.7 Å². The highest BCUT2D eigenvalue weighted by Gasteiger charge is 2.23. The summed E-state index contributed by atoms with van der Waals surface area (Å²) in [5.41, 5.74) is 1.01. The second-order valence-electron chi connectivity index (χ2n) is 5.37. The Balaban J connectivity index is 1.64. The monoisotopic (exact) mass is 301 g/mol. The molecule has 2 aromatic rings. The number of carbonyl (C=O) groups excluding carboxylic acids is 1. The fourth-order valence-electron chi connectivity index (χ4n) is 2.64. The Bertz CT molecular complexity index is 669. The van der Waals surface area contributed by atoms with Crippen molar-refractivity contribution in [3.05, 3.63) is 42.0 Å². The molecule has 0 bridgehead atoms. The Labute approximate surface area is 128 Å². The van der Waals surface area contributed by atoms with Gasteiger partial charge < -0.3 is 19.9 Å². The Hall–Kier alpha value is -2.57. The van der Waals surface area contributed by atoms with E-state index in [1.165, 1.54) is 0 Å². The van der Waals surface area contributed by atoms with Crippen molar-refractivity contribution in [2.75, 3.05) is 6.61 Å². The number of ether oxygens (including phenoxy) is 1. The lowest BCUT2D eigenvalue weighted by molar-refractivity contribution is 0.220. The number of benzene rings is 1. The minimum absolute atomic E-state index is 0.0448. The summed E-state index contributed by atoms with van der Waals surface area (Å²) in [4.78, 5) is 12.2. The molecule has 0 radical (unpaired) electrons. The Morgan fingerprint density at radius 3 is 3.05 bits per heavy atom. The van der Waals surface area contributed by atoms with E-state index in [2.05, 4.69) is 20.8 Å². The fourth-order valence-corrected chi connectivity index (χ4v) is 2.64. The zero-order valence-corrected chi connectivity index (χ0v) is 12.6. The van der Waals surface area contributed by atoms with Crippen LogP contribution in [0.15, 0.2) is 30.6 Å². The number of nitrogens with one attached hydrogen (secondary N) is 2. The van der Waals surface area contributed by atoms with Crippen molar-refractivity contribution in [3.8, 4) is 5.75 Å². The Morgan fingerprint density at radius 2 is 2.27 bits per heavy atom. The molecule has 116 valence electrons. The molecule has 1 aromatic carbocycles. The van der Waals surface area contributed by atoms with Gasteiger partial charge in [-0.1, -0.05) is 18.2 Å². The summed E-state index contributed by atoms with van der Waals surface area (Å²) < 4.78 is 7.38. The van der Waals surface area contributed by atoms with Crippen LogP contribution in [0.3, 0.4) is 0 Å². The van der Waals surface area contributed by atoms with Gasteiger partial charge in [0.05, 0.1) is 18.7 Å². The van der Waals surface area contributed by atoms with Gasteiger partial charge in [-0.25, -0.2) is 4.79 Å². The number of aryl methyl sites for hydroxylation is 1. The smallest absolute Gasteiger partial charge is 0.315 e. The third-order valence-electron chi connectivity index (χ3n) is 3.75. The number of hydrogen-bond donors (Lipinski definition) is 2. The number of hydrogen-bond acceptors (Lipinski definition) is 4. The molecule has 22 heavy (non-hydrogen) atoms. The minimum atomic E-state index is -0.225. The molecule has 0 saturated carbocycles. The zero-order valence-electron chi connectivity index (χ0n) is 12.6. The van der Waals surface area contributed by atoms with E-state index in [1.807, 2.05) is 38.2 Å². The summed E-state index contributed by atoms with van der Waals surface area (Å²) in [6.45, 7) is 2.47. The predicted octanol–water partition coefficient (Wildman–Crippen LogP) is 1.70. The molecule has 0 fully saturated rings. The van der Waals surface area contributed by atoms with Crippen LogP contribution in [-0.4, -0.2) is 27.4 Å². The third-order valence-corrected chi connectivity index (χ3v) is 3.75. The molecule has 0 aliphatic carbocycles. The summed E-state index contributed by atoms with van der Waals surface area (Å²) in [5, 5.41) is 13.7. The molecule has 2 heterocycles. The van der Waals surface area contributed by atoms with Crippen LogP contribution in [0.5, 0.6) is 5.75 Å². The molecule has 7 nitrogen and oxygen atoms in total. The maximum absolute atomic E-state index is 12.2. The van der Waals surface area contributed by atoms with Crippen molar-refractivity contribution >= 4 is 6.03 Å². The maximum Gasteiger partial charge on any atom is 0.315 e. The molecule has 0 unspecified atom stereocenters. The Morgan fingerprint density at radius 1 is 1.45 bits per heavy atom. The number of nitrogens with zero attached hydrogens (tertiary/aromatic N) is 3. The highest BCUT2D eigenvalue weighted by molar-refractivity contribution is 5.75. The normalized spacial score (nSPS) is 18.0. The zero-order chi connectivity index (χ0) is 15.5. The molecular weight excluding hydrogens is 282 g/mol. The van der Waals surface area contributed by atoms with E-state index >= 15 is 0 Å². The number of urea groups is 1. The highest BCUT2D eigenvalue weighted by atomic mass is 16.5. The molecule has 0 spiro atoms. The highest BCUT2D eigenvalue weighted by Crippen LogP contribution is 2.31. The largest absolute Gasteiger partial charge is 0.493 e. The number of aromatic nitrogens is 3. The lowest BCUT2D eigenvalue weighted by Crippen LogP contribution is -2.41. The Kier molecular flexibility index (Phi) is 3.95. The van der Waals surface area contributed by atoms with Gasteiger partial charge in [-0.3, -0.25) is 0 Å². The number of para-hydroxylation sites is 1. The van der Waals surface area contributed by atoms with Gasteiger partial charge in [-0.15, -0.1) is 10.2 Å². The van der Waals surface area contributed by atoms with E-state index < -0.39 is 0 Å². The first-order chi connectivity index (χ1) is 10.6. The molecule has 2 amide bonds. The molecule has 1 aliphatic heterocycles. The summed E-state index contributed by atoms with van der Waals surface area (Å²) >= 11 is 0. The number of fused-ring (bicyclic) bond motifs is 1. The lowest BCUT2D eigenvalue weighted by Gasteiger charge is -2.27. The van der Waals surface area contributed by atoms with Gasteiger partial charge in [0.2, 0.25) is 0 Å². The molecule has 3 rings (SSSR count). The standard InChI is InChI=1S/C15H19N5O2/c1-10(14-19-16-9-20(14)2)17-15(21)18-12-7-8-22-13-6-4-3-5-11(12)13/h3-6,9-10,12H,7-8H2,1-2H3,(H2,17,18,21)/t10-,12+/m0/s1. The van der Waals surface area contributed by atoms with E-state index in [4.69, 9.17) is 4.74 Å². The first-order valence-corrected chi connectivity index (χ1v) is 7.28. The topological polar surface area (TPSA) is 81.1 Å². The summed E-state index contributed by atoms with van der Waals surface area (Å²) in [6.07, 6.45) is 2.36. The van der Waals surface area contributed by atoms with Gasteiger partial charge >= 0.3 is 6.03 Å². The van der Waals surface area contributed by atoms with Crippen molar-refractivity contribution in [2.24, 2.45) is 7.05 Å². The molecule has 2 N–H and O–H groups in total. The SMILES string of the molecule is C[C@H](NC(=O)N[C@@H]1CCOc2ccccc21)c1nncn1C. The van der Waals surface area contributed by atoms with Gasteiger partial charge in [0.25, 0.3) is 0 Å². The second-order valence-corrected chi connectivity index (χ2v) is 5.37. The van der Waals surface area contributed by atoms with Crippen molar-refractivity contribution < 1.29 is 9.53 Å². The first kappa shape index (κ1) is 14.4. The summed E-state index contributed by atoms with van der Waals surface area (Å²) in [6, 6.07) is 7.28. The molecule has 1 aliphatic rings. The van der Waals surface area contributed by atoms with Gasteiger partial charge in [-0.05, 0) is 13.0 Å². The van der Waals surface area contributed by atoms with Gasteiger partial charge in [0.1, 0.15) is 12.1 Å². The second kappa shape index (κ2) is 6.05. The summed E-state index contributed by atoms with van der Waals surface area (Å²) in [5.74, 6) is 1.54. The van der Waals surface area contributed by atoms with E-state index in [9.17, 15) is 4.79 Å². The maximum atomic E-state index is 12.2. The number of carbonyl (C=O) groups is 1. The average molecular weight is 301 g/mol. The van der Waals surface area contributed by atoms with Crippen LogP contribution in [0.2, 0.25) is 0 Å². The third kappa shape index (κ3) is 2.88. The van der Waals surface area contributed by atoms with Gasteiger partial charge in [0.15, 0.2) is 5.82 Å². The van der Waals surface area contributed by atoms with E-state index in [-0.39, 0.29) is 18.1 Å². The van der Waals surface area contributed by atoms with Crippen molar-refractivity contribution in [1.82, 2.24) is 25.4 Å². The van der Waals surface area contributed by atoms with E-state index in [1.54, 1.807) is 10.9 Å². The first-order valence-electron chi connectivity index (χ1n) is 7.28. The molecule has 7 heteroatoms. The molecule has 0 saturated heterocycles. The van der Waals surface area contributed by atoms with Crippen LogP contribution >= 0.6 is 0 Å². The lowest BCUT2D eigenvalue weighted by atomic mass is 10.0. The predicted molar refractivity (Wildman–Crippen MR) is 80.4 cm³/mol. The van der Waals surface area contributed by atoms with Gasteiger partial charge in [-0.2, -0.15) is 0 Å². The number of amides is 2. The van der Waals surface area contributed by atoms with Crippen LogP contribution in [0.25, 0.3) is 0 Å². The van der Waals surface area contributed by atoms with Crippen molar-refractivity contribution in [2.45, 2.75) is 25.4 Å². The van der Waals surface area contributed by atoms with Crippen molar-refractivity contribution in [3.63, 3.8) is 0 Å². The number of rotatable bonds is 3. The molecule has 1 aromatic heterocycles. The van der Waals surface area contributed by atoms with Crippen LogP contribution in [-0.2, 0) is 7.05 Å². The van der Waals surface area contributed by atoms with Gasteiger partial charge in [0, 0.05) is 19.0 Å². The average Bonchev–Trinajstić information content (AvgIpc) is 2.94.